The van der Waals surface area contributed by atoms with Gasteiger partial charge in [-0.05, 0) is 30.4 Å². The Balaban J connectivity index is 2.45. The van der Waals surface area contributed by atoms with Crippen LogP contribution in [0.1, 0.15) is 5.56 Å². The molecule has 1 aliphatic heterocycles. The first kappa shape index (κ1) is 17.8. The summed E-state index contributed by atoms with van der Waals surface area (Å²) in [5.74, 6) is -1.83. The Labute approximate surface area is 143 Å². The third-order valence-electron chi connectivity index (χ3n) is 3.13. The SMILES string of the molecule is C=CCN1C(=O)/C(=C/c2c(F)cccc2OCOC)C(=O)NC1=S. The maximum atomic E-state index is 14.1. The average molecular weight is 350 g/mol. The lowest BCUT2D eigenvalue weighted by Crippen LogP contribution is -2.53. The molecule has 0 saturated carbocycles. The number of thiocarbonyl (C=S) groups is 1. The zero-order valence-corrected chi connectivity index (χ0v) is 13.7. The van der Waals surface area contributed by atoms with Crippen LogP contribution in [0.3, 0.4) is 0 Å². The van der Waals surface area contributed by atoms with E-state index in [9.17, 15) is 14.0 Å². The van der Waals surface area contributed by atoms with Gasteiger partial charge in [0.1, 0.15) is 17.1 Å². The van der Waals surface area contributed by atoms with E-state index in [2.05, 4.69) is 11.9 Å². The van der Waals surface area contributed by atoms with Gasteiger partial charge < -0.3 is 9.47 Å². The van der Waals surface area contributed by atoms with Crippen LogP contribution in [-0.4, -0.2) is 42.3 Å². The van der Waals surface area contributed by atoms with Gasteiger partial charge in [0.25, 0.3) is 11.8 Å². The van der Waals surface area contributed by atoms with Gasteiger partial charge in [-0.3, -0.25) is 19.8 Å². The van der Waals surface area contributed by atoms with Crippen LogP contribution < -0.4 is 10.1 Å². The normalized spacial score (nSPS) is 16.3. The molecule has 2 amide bonds. The van der Waals surface area contributed by atoms with E-state index in [1.54, 1.807) is 0 Å². The third-order valence-corrected chi connectivity index (χ3v) is 3.45. The van der Waals surface area contributed by atoms with Crippen LogP contribution in [0.25, 0.3) is 6.08 Å². The van der Waals surface area contributed by atoms with Crippen LogP contribution in [0.15, 0.2) is 36.4 Å². The van der Waals surface area contributed by atoms with E-state index in [1.165, 1.54) is 31.4 Å². The molecule has 1 N–H and O–H groups in total. The van der Waals surface area contributed by atoms with Crippen molar-refractivity contribution in [2.24, 2.45) is 0 Å². The molecule has 6 nitrogen and oxygen atoms in total. The fourth-order valence-electron chi connectivity index (χ4n) is 2.04. The van der Waals surface area contributed by atoms with Crippen molar-refractivity contribution in [1.29, 1.82) is 0 Å². The van der Waals surface area contributed by atoms with E-state index >= 15 is 0 Å². The average Bonchev–Trinajstić information content (AvgIpc) is 2.55. The Morgan fingerprint density at radius 2 is 2.17 bits per heavy atom. The Morgan fingerprint density at radius 1 is 1.42 bits per heavy atom. The molecule has 0 spiro atoms. The van der Waals surface area contributed by atoms with E-state index in [-0.39, 0.29) is 35.3 Å². The summed E-state index contributed by atoms with van der Waals surface area (Å²) in [4.78, 5) is 25.7. The van der Waals surface area contributed by atoms with Crippen molar-refractivity contribution in [3.63, 3.8) is 0 Å². The smallest absolute Gasteiger partial charge is 0.265 e. The minimum Gasteiger partial charge on any atom is -0.467 e. The lowest BCUT2D eigenvalue weighted by molar-refractivity contribution is -0.128. The Bertz CT molecular complexity index is 733. The Morgan fingerprint density at radius 3 is 2.83 bits per heavy atom. The second-order valence-corrected chi connectivity index (χ2v) is 5.11. The largest absolute Gasteiger partial charge is 0.467 e. The molecule has 126 valence electrons. The van der Waals surface area contributed by atoms with Crippen LogP contribution in [-0.2, 0) is 14.3 Å². The van der Waals surface area contributed by atoms with Crippen molar-refractivity contribution in [2.75, 3.05) is 20.4 Å². The van der Waals surface area contributed by atoms with Gasteiger partial charge in [-0.25, -0.2) is 4.39 Å². The molecule has 0 unspecified atom stereocenters. The predicted octanol–water partition coefficient (Wildman–Crippen LogP) is 1.62. The molecular formula is C16H15FN2O4S. The highest BCUT2D eigenvalue weighted by Crippen LogP contribution is 2.26. The molecule has 1 aliphatic rings. The number of methoxy groups -OCH3 is 1. The number of rotatable bonds is 6. The van der Waals surface area contributed by atoms with E-state index in [0.29, 0.717) is 0 Å². The first-order valence-corrected chi connectivity index (χ1v) is 7.30. The molecule has 0 aliphatic carbocycles. The molecule has 1 heterocycles. The maximum Gasteiger partial charge on any atom is 0.265 e. The van der Waals surface area contributed by atoms with Crippen LogP contribution in [0.2, 0.25) is 0 Å². The number of nitrogens with one attached hydrogen (secondary N) is 1. The molecule has 24 heavy (non-hydrogen) atoms. The monoisotopic (exact) mass is 350 g/mol. The molecule has 0 bridgehead atoms. The third kappa shape index (κ3) is 3.66. The summed E-state index contributed by atoms with van der Waals surface area (Å²) < 4.78 is 24.2. The Kier molecular flexibility index (Phi) is 5.78. The summed E-state index contributed by atoms with van der Waals surface area (Å²) in [6, 6.07) is 4.15. The molecular weight excluding hydrogens is 335 g/mol. The van der Waals surface area contributed by atoms with Crippen molar-refractivity contribution >= 4 is 35.2 Å². The predicted molar refractivity (Wildman–Crippen MR) is 89.5 cm³/mol. The molecule has 8 heteroatoms. The van der Waals surface area contributed by atoms with Crippen LogP contribution in [0.4, 0.5) is 4.39 Å². The standard InChI is InChI=1S/C16H15FN2O4S/c1-3-7-19-15(21)11(14(20)18-16(19)24)8-10-12(17)5-4-6-13(10)23-9-22-2/h3-6,8H,1,7,9H2,2H3,(H,18,20,24)/b11-8+. The maximum absolute atomic E-state index is 14.1. The van der Waals surface area contributed by atoms with E-state index in [0.717, 1.165) is 11.0 Å². The molecule has 0 aromatic heterocycles. The topological polar surface area (TPSA) is 67.9 Å². The first-order valence-electron chi connectivity index (χ1n) is 6.89. The van der Waals surface area contributed by atoms with Gasteiger partial charge >= 0.3 is 0 Å². The summed E-state index contributed by atoms with van der Waals surface area (Å²) in [5, 5.41) is 2.37. The van der Waals surface area contributed by atoms with Crippen molar-refractivity contribution < 1.29 is 23.5 Å². The number of carbonyl (C=O) groups is 2. The van der Waals surface area contributed by atoms with Gasteiger partial charge in [0, 0.05) is 13.7 Å². The number of amides is 2. The molecule has 0 atom stereocenters. The molecule has 1 saturated heterocycles. The highest BCUT2D eigenvalue weighted by atomic mass is 32.1. The number of ether oxygens (including phenoxy) is 2. The fraction of sp³-hybridized carbons (Fsp3) is 0.188. The van der Waals surface area contributed by atoms with Crippen molar-refractivity contribution in [1.82, 2.24) is 10.2 Å². The van der Waals surface area contributed by atoms with Crippen LogP contribution in [0.5, 0.6) is 5.75 Å². The number of halogens is 1. The zero-order chi connectivity index (χ0) is 17.7. The quantitative estimate of drug-likeness (QED) is 0.278. The van der Waals surface area contributed by atoms with Crippen LogP contribution in [0, 0.1) is 5.82 Å². The summed E-state index contributed by atoms with van der Waals surface area (Å²) in [5.41, 5.74) is -0.280. The van der Waals surface area contributed by atoms with Gasteiger partial charge in [-0.1, -0.05) is 12.1 Å². The molecule has 1 aromatic rings. The summed E-state index contributed by atoms with van der Waals surface area (Å²) in [7, 11) is 1.42. The number of benzene rings is 1. The fourth-order valence-corrected chi connectivity index (χ4v) is 2.29. The number of hydrogen-bond acceptors (Lipinski definition) is 5. The van der Waals surface area contributed by atoms with Gasteiger partial charge in [-0.2, -0.15) is 0 Å². The minimum atomic E-state index is -0.703. The number of nitrogens with zero attached hydrogens (tertiary/aromatic N) is 1. The second kappa shape index (κ2) is 7.80. The van der Waals surface area contributed by atoms with E-state index in [1.807, 2.05) is 0 Å². The number of hydrogen-bond donors (Lipinski definition) is 1. The second-order valence-electron chi connectivity index (χ2n) is 4.72. The molecule has 0 radical (unpaired) electrons. The Hall–Kier alpha value is -2.58. The van der Waals surface area contributed by atoms with Crippen LogP contribution >= 0.6 is 12.2 Å². The number of carbonyl (C=O) groups excluding carboxylic acids is 2. The van der Waals surface area contributed by atoms with Gasteiger partial charge in [0.05, 0.1) is 5.56 Å². The first-order chi connectivity index (χ1) is 11.5. The summed E-state index contributed by atoms with van der Waals surface area (Å²) in [6.07, 6.45) is 2.60. The summed E-state index contributed by atoms with van der Waals surface area (Å²) in [6.45, 7) is 3.55. The van der Waals surface area contributed by atoms with Gasteiger partial charge in [0.2, 0.25) is 0 Å². The van der Waals surface area contributed by atoms with Gasteiger partial charge in [-0.15, -0.1) is 6.58 Å². The summed E-state index contributed by atoms with van der Waals surface area (Å²) >= 11 is 4.96. The molecule has 2 rings (SSSR count). The van der Waals surface area contributed by atoms with E-state index in [4.69, 9.17) is 21.7 Å². The highest BCUT2D eigenvalue weighted by molar-refractivity contribution is 7.80. The zero-order valence-electron chi connectivity index (χ0n) is 12.9. The van der Waals surface area contributed by atoms with E-state index < -0.39 is 17.6 Å². The van der Waals surface area contributed by atoms with Crippen molar-refractivity contribution in [3.05, 3.63) is 47.8 Å². The molecule has 1 aromatic carbocycles. The van der Waals surface area contributed by atoms with Crippen molar-refractivity contribution in [3.8, 4) is 5.75 Å². The lowest BCUT2D eigenvalue weighted by Gasteiger charge is -2.27. The highest BCUT2D eigenvalue weighted by Gasteiger charge is 2.33. The minimum absolute atomic E-state index is 0.0218. The molecule has 1 fully saturated rings. The lowest BCUT2D eigenvalue weighted by atomic mass is 10.1. The van der Waals surface area contributed by atoms with Crippen molar-refractivity contribution in [2.45, 2.75) is 0 Å². The van der Waals surface area contributed by atoms with Gasteiger partial charge in [0.15, 0.2) is 11.9 Å².